The Morgan fingerprint density at radius 1 is 1.11 bits per heavy atom. The molecule has 0 unspecified atom stereocenters. The molecule has 0 aromatic heterocycles. The van der Waals surface area contributed by atoms with Gasteiger partial charge in [0.05, 0.1) is 37.3 Å². The maximum absolute atomic E-state index is 14.7. The van der Waals surface area contributed by atoms with E-state index in [2.05, 4.69) is 5.32 Å². The number of carbonyl (C=O) groups is 4. The van der Waals surface area contributed by atoms with Crippen molar-refractivity contribution >= 4 is 23.7 Å². The van der Waals surface area contributed by atoms with Crippen molar-refractivity contribution in [2.45, 2.75) is 88.4 Å². The van der Waals surface area contributed by atoms with E-state index in [0.717, 1.165) is 0 Å². The Labute approximate surface area is 264 Å². The van der Waals surface area contributed by atoms with Crippen LogP contribution in [0.3, 0.4) is 0 Å². The maximum atomic E-state index is 14.7. The molecule has 2 saturated heterocycles. The van der Waals surface area contributed by atoms with Gasteiger partial charge in [-0.3, -0.25) is 19.2 Å². The number of amides is 3. The lowest BCUT2D eigenvalue weighted by molar-refractivity contribution is -0.163. The minimum absolute atomic E-state index is 0.0742. The van der Waals surface area contributed by atoms with Crippen molar-refractivity contribution in [3.63, 3.8) is 0 Å². The van der Waals surface area contributed by atoms with E-state index in [1.807, 2.05) is 70.2 Å². The summed E-state index contributed by atoms with van der Waals surface area (Å²) in [7, 11) is 1.51. The van der Waals surface area contributed by atoms with Crippen LogP contribution in [0.25, 0.3) is 0 Å². The van der Waals surface area contributed by atoms with E-state index in [1.165, 1.54) is 12.0 Å². The molecule has 8 atom stereocenters. The molecule has 2 fully saturated rings. The number of carbonyl (C=O) groups excluding carboxylic acids is 4. The van der Waals surface area contributed by atoms with Crippen LogP contribution in [0.4, 0.5) is 0 Å². The van der Waals surface area contributed by atoms with Gasteiger partial charge in [0, 0.05) is 25.6 Å². The second-order valence-electron chi connectivity index (χ2n) is 13.2. The summed E-state index contributed by atoms with van der Waals surface area (Å²) in [5, 5.41) is 13.4. The Morgan fingerprint density at radius 3 is 2.49 bits per heavy atom. The van der Waals surface area contributed by atoms with Gasteiger partial charge in [-0.1, -0.05) is 61.6 Å². The number of hydrogen-bond acceptors (Lipinski definition) is 8. The number of aliphatic hydroxyl groups excluding tert-OH is 1. The second kappa shape index (κ2) is 13.1. The van der Waals surface area contributed by atoms with Crippen LogP contribution in [0.2, 0.25) is 0 Å². The van der Waals surface area contributed by atoms with Crippen LogP contribution >= 0.6 is 0 Å². The number of nitrogens with zero attached hydrogens (tertiary/aromatic N) is 2. The molecule has 4 aliphatic rings. The normalized spacial score (nSPS) is 33.6. The van der Waals surface area contributed by atoms with Gasteiger partial charge < -0.3 is 34.4 Å². The van der Waals surface area contributed by atoms with E-state index in [-0.39, 0.29) is 38.0 Å². The number of methoxy groups -OCH3 is 1. The maximum Gasteiger partial charge on any atom is 0.313 e. The molecular formula is C34H45N3O8. The van der Waals surface area contributed by atoms with Crippen LogP contribution in [-0.4, -0.2) is 101 Å². The SMILES string of the molecule is CC[C@@H](CO)N1C(=O)[C@H]2[C@@H]3C(=O)O[C@H](c4ccccc4)[C@@H](COC)NC(=O)CC/C=C\CN(C(C)(C)C)C(=O)[C@H]1[C@@]21C=C[C@@H]3O1. The molecule has 4 aliphatic heterocycles. The first-order valence-electron chi connectivity index (χ1n) is 15.8. The van der Waals surface area contributed by atoms with Crippen molar-refractivity contribution < 1.29 is 38.5 Å². The van der Waals surface area contributed by atoms with Gasteiger partial charge in [0.2, 0.25) is 17.7 Å². The lowest BCUT2D eigenvalue weighted by Gasteiger charge is -2.43. The summed E-state index contributed by atoms with van der Waals surface area (Å²) in [5.74, 6) is -3.74. The molecule has 4 heterocycles. The number of rotatable bonds is 6. The first-order chi connectivity index (χ1) is 21.5. The highest BCUT2D eigenvalue weighted by Gasteiger charge is 2.74. The van der Waals surface area contributed by atoms with Gasteiger partial charge in [-0.2, -0.15) is 0 Å². The number of allylic oxidation sites excluding steroid dienone is 1. The lowest BCUT2D eigenvalue weighted by atomic mass is 9.74. The molecule has 1 aromatic carbocycles. The van der Waals surface area contributed by atoms with E-state index < -0.39 is 65.2 Å². The molecule has 244 valence electrons. The Hall–Kier alpha value is -3.54. The number of hydrogen-bond donors (Lipinski definition) is 2. The average Bonchev–Trinajstić information content (AvgIpc) is 3.65. The molecule has 5 rings (SSSR count). The second-order valence-corrected chi connectivity index (χ2v) is 13.2. The number of likely N-dealkylation sites (tertiary alicyclic amines) is 1. The third-order valence-corrected chi connectivity index (χ3v) is 9.39. The number of fused-ring (bicyclic) bond motifs is 2. The fourth-order valence-electron chi connectivity index (χ4n) is 7.21. The van der Waals surface area contributed by atoms with Gasteiger partial charge in [-0.15, -0.1) is 0 Å². The van der Waals surface area contributed by atoms with Gasteiger partial charge in [0.25, 0.3) is 0 Å². The van der Waals surface area contributed by atoms with Crippen molar-refractivity contribution in [2.75, 3.05) is 26.9 Å². The quantitative estimate of drug-likeness (QED) is 0.364. The minimum Gasteiger partial charge on any atom is -0.455 e. The molecule has 2 N–H and O–H groups in total. The minimum atomic E-state index is -1.41. The first kappa shape index (κ1) is 32.8. The summed E-state index contributed by atoms with van der Waals surface area (Å²) in [6.45, 7) is 7.55. The highest BCUT2D eigenvalue weighted by molar-refractivity contribution is 5.99. The third kappa shape index (κ3) is 5.93. The summed E-state index contributed by atoms with van der Waals surface area (Å²) >= 11 is 0. The van der Waals surface area contributed by atoms with E-state index in [0.29, 0.717) is 18.4 Å². The molecule has 0 aliphatic carbocycles. The van der Waals surface area contributed by atoms with E-state index in [9.17, 15) is 24.3 Å². The van der Waals surface area contributed by atoms with Crippen molar-refractivity contribution in [1.29, 1.82) is 0 Å². The molecule has 1 spiro atoms. The highest BCUT2D eigenvalue weighted by Crippen LogP contribution is 2.56. The van der Waals surface area contributed by atoms with Crippen LogP contribution in [-0.2, 0) is 33.4 Å². The summed E-state index contributed by atoms with van der Waals surface area (Å²) < 4.78 is 18.2. The fourth-order valence-corrected chi connectivity index (χ4v) is 7.21. The third-order valence-electron chi connectivity index (χ3n) is 9.39. The zero-order chi connectivity index (χ0) is 32.5. The largest absolute Gasteiger partial charge is 0.455 e. The standard InChI is InChI=1S/C34H45N3O8/c1-6-22(19-38)37-29-31(41)36(33(2,3)4)18-12-8-11-15-25(39)35-23(20-43-5)28(21-13-9-7-10-14-21)44-32(42)26-24-16-17-34(29,45-24)27(26)30(37)40/h7-10,12-14,16-17,22-24,26-29,38H,6,11,15,18-20H2,1-5H3,(H,35,39)/b12-8-/t22-,23+,24-,26+,27+,28+,29-,34+/m0/s1. The molecule has 1 aromatic rings. The molecule has 11 nitrogen and oxygen atoms in total. The molecule has 5 bridgehead atoms. The monoisotopic (exact) mass is 623 g/mol. The van der Waals surface area contributed by atoms with Crippen LogP contribution in [0.5, 0.6) is 0 Å². The molecule has 0 saturated carbocycles. The van der Waals surface area contributed by atoms with Crippen LogP contribution < -0.4 is 5.32 Å². The van der Waals surface area contributed by atoms with Crippen LogP contribution in [0, 0.1) is 11.8 Å². The highest BCUT2D eigenvalue weighted by atomic mass is 16.6. The van der Waals surface area contributed by atoms with Gasteiger partial charge in [-0.05, 0) is 39.2 Å². The molecule has 3 amide bonds. The van der Waals surface area contributed by atoms with E-state index in [4.69, 9.17) is 14.2 Å². The van der Waals surface area contributed by atoms with Gasteiger partial charge in [0.1, 0.15) is 23.7 Å². The Kier molecular flexibility index (Phi) is 9.53. The first-order valence-corrected chi connectivity index (χ1v) is 15.8. The summed E-state index contributed by atoms with van der Waals surface area (Å²) in [6, 6.07) is 6.63. The molecule has 45 heavy (non-hydrogen) atoms. The van der Waals surface area contributed by atoms with Gasteiger partial charge in [0.15, 0.2) is 0 Å². The predicted molar refractivity (Wildman–Crippen MR) is 164 cm³/mol. The Bertz CT molecular complexity index is 1340. The zero-order valence-corrected chi connectivity index (χ0v) is 26.7. The zero-order valence-electron chi connectivity index (χ0n) is 26.7. The molecule has 11 heteroatoms. The summed E-state index contributed by atoms with van der Waals surface area (Å²) in [6.07, 6.45) is 6.51. The van der Waals surface area contributed by atoms with Gasteiger partial charge in [-0.25, -0.2) is 0 Å². The van der Waals surface area contributed by atoms with Crippen LogP contribution in [0.1, 0.15) is 58.6 Å². The number of esters is 1. The number of ether oxygens (including phenoxy) is 3. The van der Waals surface area contributed by atoms with Crippen molar-refractivity contribution in [1.82, 2.24) is 15.1 Å². The van der Waals surface area contributed by atoms with Crippen molar-refractivity contribution in [3.05, 3.63) is 60.2 Å². The van der Waals surface area contributed by atoms with Gasteiger partial charge >= 0.3 is 5.97 Å². The Balaban J connectivity index is 1.63. The van der Waals surface area contributed by atoms with Crippen molar-refractivity contribution in [2.24, 2.45) is 11.8 Å². The Morgan fingerprint density at radius 2 is 1.84 bits per heavy atom. The molecule has 0 radical (unpaired) electrons. The van der Waals surface area contributed by atoms with E-state index >= 15 is 0 Å². The van der Waals surface area contributed by atoms with E-state index in [1.54, 1.807) is 17.1 Å². The summed E-state index contributed by atoms with van der Waals surface area (Å²) in [4.78, 5) is 59.6. The number of cyclic esters (lactones) is 1. The number of aliphatic hydroxyl groups is 1. The molecular weight excluding hydrogens is 578 g/mol. The van der Waals surface area contributed by atoms with Crippen molar-refractivity contribution in [3.8, 4) is 0 Å². The van der Waals surface area contributed by atoms with Crippen LogP contribution in [0.15, 0.2) is 54.6 Å². The predicted octanol–water partition coefficient (Wildman–Crippen LogP) is 2.30. The smallest absolute Gasteiger partial charge is 0.313 e. The topological polar surface area (TPSA) is 135 Å². The lowest BCUT2D eigenvalue weighted by Crippen LogP contribution is -2.61. The fraction of sp³-hybridized carbons (Fsp3) is 0.588. The number of nitrogens with one attached hydrogen (secondary N) is 1. The summed E-state index contributed by atoms with van der Waals surface area (Å²) in [5.41, 5.74) is -1.39. The number of benzene rings is 1. The average molecular weight is 624 g/mol.